The first kappa shape index (κ1) is 13.4. The zero-order valence-corrected chi connectivity index (χ0v) is 12.1. The highest BCUT2D eigenvalue weighted by Gasteiger charge is 2.19. The third kappa shape index (κ3) is 2.63. The fraction of sp³-hybridized carbons (Fsp3) is 0.500. The van der Waals surface area contributed by atoms with Crippen LogP contribution in [0.1, 0.15) is 32.1 Å². The number of hydrogen-bond acceptors (Lipinski definition) is 4. The van der Waals surface area contributed by atoms with Gasteiger partial charge in [0.2, 0.25) is 0 Å². The van der Waals surface area contributed by atoms with Gasteiger partial charge in [-0.15, -0.1) is 5.10 Å². The van der Waals surface area contributed by atoms with Gasteiger partial charge in [-0.1, -0.05) is 36.9 Å². The summed E-state index contributed by atoms with van der Waals surface area (Å²) in [5.41, 5.74) is 7.37. The van der Waals surface area contributed by atoms with E-state index in [4.69, 9.17) is 17.3 Å². The minimum absolute atomic E-state index is 0.536. The number of benzene rings is 1. The van der Waals surface area contributed by atoms with Crippen molar-refractivity contribution in [3.63, 3.8) is 0 Å². The number of rotatable bonds is 3. The molecule has 0 unspecified atom stereocenters. The summed E-state index contributed by atoms with van der Waals surface area (Å²) in [5.74, 6) is 1.36. The zero-order valence-electron chi connectivity index (χ0n) is 11.3. The number of hydrogen-bond donors (Lipinski definition) is 1. The van der Waals surface area contributed by atoms with E-state index in [0.717, 1.165) is 12.1 Å². The van der Waals surface area contributed by atoms with Crippen LogP contribution in [0.15, 0.2) is 18.2 Å². The summed E-state index contributed by atoms with van der Waals surface area (Å²) in [6.45, 7) is 0.855. The molecular formula is C14H18ClN5. The van der Waals surface area contributed by atoms with Gasteiger partial charge in [-0.25, -0.2) is 4.68 Å². The average Bonchev–Trinajstić information content (AvgIpc) is 2.91. The molecule has 106 valence electrons. The summed E-state index contributed by atoms with van der Waals surface area (Å²) < 4.78 is 1.86. The van der Waals surface area contributed by atoms with E-state index in [2.05, 4.69) is 15.5 Å². The van der Waals surface area contributed by atoms with Crippen molar-refractivity contribution < 1.29 is 0 Å². The fourth-order valence-electron chi connectivity index (χ4n) is 2.87. The van der Waals surface area contributed by atoms with Gasteiger partial charge in [0.15, 0.2) is 5.82 Å². The number of anilines is 1. The second kappa shape index (κ2) is 5.79. The van der Waals surface area contributed by atoms with Crippen LogP contribution in [-0.2, 0) is 6.54 Å². The maximum absolute atomic E-state index is 6.07. The van der Waals surface area contributed by atoms with E-state index in [1.54, 1.807) is 6.07 Å². The van der Waals surface area contributed by atoms with Gasteiger partial charge in [0.1, 0.15) is 0 Å². The van der Waals surface area contributed by atoms with Crippen molar-refractivity contribution in [3.05, 3.63) is 23.2 Å². The van der Waals surface area contributed by atoms with Gasteiger partial charge in [0, 0.05) is 12.1 Å². The monoisotopic (exact) mass is 291 g/mol. The van der Waals surface area contributed by atoms with E-state index in [0.29, 0.717) is 22.5 Å². The van der Waals surface area contributed by atoms with Crippen LogP contribution in [0.2, 0.25) is 5.02 Å². The molecular weight excluding hydrogens is 274 g/mol. The number of aromatic nitrogens is 4. The normalized spacial score (nSPS) is 16.4. The molecule has 0 radical (unpaired) electrons. The second-order valence-corrected chi connectivity index (χ2v) is 5.80. The van der Waals surface area contributed by atoms with Crippen molar-refractivity contribution in [1.29, 1.82) is 0 Å². The lowest BCUT2D eigenvalue weighted by Gasteiger charge is -2.21. The number of tetrazole rings is 1. The Morgan fingerprint density at radius 3 is 2.85 bits per heavy atom. The summed E-state index contributed by atoms with van der Waals surface area (Å²) in [6, 6.07) is 5.55. The van der Waals surface area contributed by atoms with Crippen LogP contribution < -0.4 is 5.73 Å². The average molecular weight is 292 g/mol. The quantitative estimate of drug-likeness (QED) is 0.882. The second-order valence-electron chi connectivity index (χ2n) is 5.39. The molecule has 1 aromatic carbocycles. The molecule has 2 N–H and O–H groups in total. The molecule has 2 aromatic rings. The number of halogens is 1. The van der Waals surface area contributed by atoms with Crippen LogP contribution in [0, 0.1) is 5.92 Å². The minimum Gasteiger partial charge on any atom is -0.397 e. The number of nitrogens with two attached hydrogens (primary N) is 1. The van der Waals surface area contributed by atoms with Crippen molar-refractivity contribution in [1.82, 2.24) is 20.2 Å². The van der Waals surface area contributed by atoms with Gasteiger partial charge < -0.3 is 5.73 Å². The Bertz CT molecular complexity index is 589. The van der Waals surface area contributed by atoms with Gasteiger partial charge in [-0.3, -0.25) is 0 Å². The lowest BCUT2D eigenvalue weighted by atomic mass is 9.89. The van der Waals surface area contributed by atoms with Crippen LogP contribution in [0.5, 0.6) is 0 Å². The maximum Gasteiger partial charge on any atom is 0.184 e. The first-order valence-corrected chi connectivity index (χ1v) is 7.44. The van der Waals surface area contributed by atoms with Crippen LogP contribution in [-0.4, -0.2) is 20.2 Å². The molecule has 1 fully saturated rings. The van der Waals surface area contributed by atoms with Gasteiger partial charge in [0.05, 0.1) is 10.7 Å². The van der Waals surface area contributed by atoms with Gasteiger partial charge in [0.25, 0.3) is 0 Å². The molecule has 6 heteroatoms. The molecule has 3 rings (SSSR count). The molecule has 0 atom stereocenters. The van der Waals surface area contributed by atoms with Crippen LogP contribution in [0.4, 0.5) is 5.69 Å². The molecule has 1 aromatic heterocycles. The Morgan fingerprint density at radius 2 is 2.05 bits per heavy atom. The summed E-state index contributed by atoms with van der Waals surface area (Å²) >= 11 is 6.07. The Labute approximate surface area is 123 Å². The Hall–Kier alpha value is -1.62. The summed E-state index contributed by atoms with van der Waals surface area (Å²) in [5, 5.41) is 12.6. The summed E-state index contributed by atoms with van der Waals surface area (Å²) in [7, 11) is 0. The Balaban J connectivity index is 1.87. The SMILES string of the molecule is Nc1c(Cl)cccc1-c1nnnn1CC1CCCCC1. The number of nitrogen functional groups attached to an aromatic ring is 1. The molecule has 1 saturated carbocycles. The van der Waals surface area contributed by atoms with Gasteiger partial charge in [-0.05, 0) is 41.3 Å². The van der Waals surface area contributed by atoms with Crippen molar-refractivity contribution >= 4 is 17.3 Å². The van der Waals surface area contributed by atoms with E-state index in [1.165, 1.54) is 32.1 Å². The summed E-state index contributed by atoms with van der Waals surface area (Å²) in [4.78, 5) is 0. The molecule has 20 heavy (non-hydrogen) atoms. The van der Waals surface area contributed by atoms with Gasteiger partial charge >= 0.3 is 0 Å². The Kier molecular flexibility index (Phi) is 3.87. The van der Waals surface area contributed by atoms with Crippen molar-refractivity contribution in [2.45, 2.75) is 38.6 Å². The minimum atomic E-state index is 0.536. The van der Waals surface area contributed by atoms with E-state index < -0.39 is 0 Å². The van der Waals surface area contributed by atoms with Crippen molar-refractivity contribution in [2.24, 2.45) is 5.92 Å². The highest BCUT2D eigenvalue weighted by molar-refractivity contribution is 6.33. The third-order valence-corrected chi connectivity index (χ3v) is 4.31. The van der Waals surface area contributed by atoms with E-state index in [9.17, 15) is 0 Å². The molecule has 0 aliphatic heterocycles. The van der Waals surface area contributed by atoms with Gasteiger partial charge in [-0.2, -0.15) is 0 Å². The third-order valence-electron chi connectivity index (χ3n) is 3.98. The predicted octanol–water partition coefficient (Wildman–Crippen LogP) is 3.16. The van der Waals surface area contributed by atoms with Crippen LogP contribution >= 0.6 is 11.6 Å². The largest absolute Gasteiger partial charge is 0.397 e. The molecule has 1 aliphatic carbocycles. The highest BCUT2D eigenvalue weighted by Crippen LogP contribution is 2.31. The lowest BCUT2D eigenvalue weighted by Crippen LogP contribution is -2.16. The smallest absolute Gasteiger partial charge is 0.184 e. The fourth-order valence-corrected chi connectivity index (χ4v) is 3.04. The van der Waals surface area contributed by atoms with Crippen LogP contribution in [0.3, 0.4) is 0 Å². The lowest BCUT2D eigenvalue weighted by molar-refractivity contribution is 0.307. The molecule has 0 bridgehead atoms. The maximum atomic E-state index is 6.07. The molecule has 0 spiro atoms. The first-order valence-electron chi connectivity index (χ1n) is 7.06. The van der Waals surface area contributed by atoms with E-state index in [-0.39, 0.29) is 0 Å². The van der Waals surface area contributed by atoms with Crippen molar-refractivity contribution in [3.8, 4) is 11.4 Å². The predicted molar refractivity (Wildman–Crippen MR) is 79.3 cm³/mol. The topological polar surface area (TPSA) is 69.6 Å². The molecule has 0 saturated heterocycles. The molecule has 1 heterocycles. The first-order chi connectivity index (χ1) is 9.75. The van der Waals surface area contributed by atoms with E-state index in [1.807, 2.05) is 16.8 Å². The zero-order chi connectivity index (χ0) is 13.9. The highest BCUT2D eigenvalue weighted by atomic mass is 35.5. The van der Waals surface area contributed by atoms with Crippen LogP contribution in [0.25, 0.3) is 11.4 Å². The summed E-state index contributed by atoms with van der Waals surface area (Å²) in [6.07, 6.45) is 6.47. The van der Waals surface area contributed by atoms with E-state index >= 15 is 0 Å². The number of nitrogens with zero attached hydrogens (tertiary/aromatic N) is 4. The molecule has 0 amide bonds. The molecule has 5 nitrogen and oxygen atoms in total. The molecule has 1 aliphatic rings. The van der Waals surface area contributed by atoms with Crippen molar-refractivity contribution in [2.75, 3.05) is 5.73 Å². The number of para-hydroxylation sites is 1. The standard InChI is InChI=1S/C14H18ClN5/c15-12-8-4-7-11(13(12)16)14-17-18-19-20(14)9-10-5-2-1-3-6-10/h4,7-8,10H,1-3,5-6,9,16H2. The Morgan fingerprint density at radius 1 is 1.25 bits per heavy atom.